The quantitative estimate of drug-likeness (QED) is 0.786. The molecule has 0 spiro atoms. The number of carbonyl (C=O) groups is 1. The second-order valence-electron chi connectivity index (χ2n) is 4.11. The molecule has 21 heavy (non-hydrogen) atoms. The van der Waals surface area contributed by atoms with Gasteiger partial charge in [0.15, 0.2) is 18.2 Å². The van der Waals surface area contributed by atoms with Crippen molar-refractivity contribution in [1.82, 2.24) is 0 Å². The molecule has 0 aliphatic carbocycles. The van der Waals surface area contributed by atoms with Gasteiger partial charge in [-0.05, 0) is 30.3 Å². The predicted molar refractivity (Wildman–Crippen MR) is 74.2 cm³/mol. The van der Waals surface area contributed by atoms with Crippen LogP contribution in [0.2, 0.25) is 5.02 Å². The Balaban J connectivity index is 2.17. The zero-order valence-corrected chi connectivity index (χ0v) is 11.8. The Hall–Kier alpha value is -2.14. The van der Waals surface area contributed by atoms with Gasteiger partial charge in [-0.15, -0.1) is 0 Å². The highest BCUT2D eigenvalue weighted by atomic mass is 35.5. The summed E-state index contributed by atoms with van der Waals surface area (Å²) in [5, 5.41) is 0.0500. The van der Waals surface area contributed by atoms with Gasteiger partial charge in [-0.3, -0.25) is 4.79 Å². The first kappa shape index (κ1) is 15.3. The van der Waals surface area contributed by atoms with Gasteiger partial charge in [0.05, 0.1) is 17.7 Å². The van der Waals surface area contributed by atoms with Crippen molar-refractivity contribution < 1.29 is 23.0 Å². The molecule has 0 saturated heterocycles. The average molecular weight is 313 g/mol. The first-order chi connectivity index (χ1) is 10.0. The Labute approximate surface area is 125 Å². The summed E-state index contributed by atoms with van der Waals surface area (Å²) in [6.45, 7) is -0.486. The van der Waals surface area contributed by atoms with Crippen LogP contribution < -0.4 is 9.47 Å². The standard InChI is InChI=1S/C15H11ClF2O3/c1-20-14-6-5-9(17)7-10(14)13(19)8-21-15-11(16)3-2-4-12(15)18/h2-7H,8H2,1H3. The molecule has 0 bridgehead atoms. The van der Waals surface area contributed by atoms with Crippen molar-refractivity contribution >= 4 is 17.4 Å². The van der Waals surface area contributed by atoms with Gasteiger partial charge >= 0.3 is 0 Å². The van der Waals surface area contributed by atoms with Gasteiger partial charge < -0.3 is 9.47 Å². The largest absolute Gasteiger partial charge is 0.496 e. The summed E-state index contributed by atoms with van der Waals surface area (Å²) in [4.78, 5) is 12.0. The summed E-state index contributed by atoms with van der Waals surface area (Å²) >= 11 is 5.78. The molecule has 2 rings (SSSR count). The molecule has 2 aromatic carbocycles. The molecule has 0 amide bonds. The van der Waals surface area contributed by atoms with E-state index in [2.05, 4.69) is 0 Å². The summed E-state index contributed by atoms with van der Waals surface area (Å²) in [7, 11) is 1.36. The number of carbonyl (C=O) groups excluding carboxylic acids is 1. The molecule has 0 atom stereocenters. The van der Waals surface area contributed by atoms with Crippen LogP contribution in [0, 0.1) is 11.6 Å². The number of methoxy groups -OCH3 is 1. The number of rotatable bonds is 5. The number of hydrogen-bond donors (Lipinski definition) is 0. The second kappa shape index (κ2) is 6.54. The van der Waals surface area contributed by atoms with Crippen molar-refractivity contribution in [3.63, 3.8) is 0 Å². The molecule has 2 aromatic rings. The molecule has 0 N–H and O–H groups in total. The Morgan fingerprint density at radius 2 is 2.00 bits per heavy atom. The number of ether oxygens (including phenoxy) is 2. The lowest BCUT2D eigenvalue weighted by molar-refractivity contribution is 0.0915. The highest BCUT2D eigenvalue weighted by Gasteiger charge is 2.16. The fraction of sp³-hybridized carbons (Fsp3) is 0.133. The van der Waals surface area contributed by atoms with E-state index in [9.17, 15) is 13.6 Å². The number of halogens is 3. The van der Waals surface area contributed by atoms with Crippen LogP contribution in [0.25, 0.3) is 0 Å². The summed E-state index contributed by atoms with van der Waals surface area (Å²) in [5.41, 5.74) is 0.0185. The fourth-order valence-electron chi connectivity index (χ4n) is 1.73. The van der Waals surface area contributed by atoms with Gasteiger partial charge in [0.25, 0.3) is 0 Å². The van der Waals surface area contributed by atoms with Crippen LogP contribution in [-0.2, 0) is 0 Å². The summed E-state index contributed by atoms with van der Waals surface area (Å²) in [6.07, 6.45) is 0. The van der Waals surface area contributed by atoms with Crippen LogP contribution in [0.3, 0.4) is 0 Å². The normalized spacial score (nSPS) is 10.3. The molecule has 0 radical (unpaired) electrons. The molecular formula is C15H11ClF2O3. The van der Waals surface area contributed by atoms with Gasteiger partial charge in [-0.2, -0.15) is 0 Å². The lowest BCUT2D eigenvalue weighted by atomic mass is 10.1. The van der Waals surface area contributed by atoms with Gasteiger partial charge in [0, 0.05) is 0 Å². The molecule has 0 heterocycles. The number of Topliss-reactive ketones (excluding diaryl/α,β-unsaturated/α-hetero) is 1. The zero-order valence-electron chi connectivity index (χ0n) is 11.0. The molecule has 3 nitrogen and oxygen atoms in total. The topological polar surface area (TPSA) is 35.5 Å². The lowest BCUT2D eigenvalue weighted by Gasteiger charge is -2.10. The van der Waals surface area contributed by atoms with Gasteiger partial charge in [0.2, 0.25) is 5.78 Å². The molecule has 0 saturated carbocycles. The molecule has 110 valence electrons. The molecule has 0 aliphatic rings. The third kappa shape index (κ3) is 3.49. The minimum Gasteiger partial charge on any atom is -0.496 e. The van der Waals surface area contributed by atoms with E-state index in [4.69, 9.17) is 21.1 Å². The Kier molecular flexibility index (Phi) is 4.75. The summed E-state index contributed by atoms with van der Waals surface area (Å²) in [5.74, 6) is -1.82. The third-order valence-electron chi connectivity index (χ3n) is 2.73. The fourth-order valence-corrected chi connectivity index (χ4v) is 1.95. The predicted octanol–water partition coefficient (Wildman–Crippen LogP) is 3.89. The van der Waals surface area contributed by atoms with E-state index < -0.39 is 24.0 Å². The number of benzene rings is 2. The zero-order chi connectivity index (χ0) is 15.4. The van der Waals surface area contributed by atoms with E-state index >= 15 is 0 Å². The van der Waals surface area contributed by atoms with Crippen molar-refractivity contribution in [2.45, 2.75) is 0 Å². The maximum atomic E-state index is 13.5. The van der Waals surface area contributed by atoms with Crippen LogP contribution in [-0.4, -0.2) is 19.5 Å². The van der Waals surface area contributed by atoms with E-state index in [-0.39, 0.29) is 22.1 Å². The summed E-state index contributed by atoms with van der Waals surface area (Å²) < 4.78 is 36.8. The highest BCUT2D eigenvalue weighted by Crippen LogP contribution is 2.28. The van der Waals surface area contributed by atoms with Crippen molar-refractivity contribution in [2.75, 3.05) is 13.7 Å². The number of hydrogen-bond acceptors (Lipinski definition) is 3. The first-order valence-electron chi connectivity index (χ1n) is 5.96. The minimum atomic E-state index is -0.679. The van der Waals surface area contributed by atoms with Crippen molar-refractivity contribution in [3.8, 4) is 11.5 Å². The van der Waals surface area contributed by atoms with E-state index in [1.165, 1.54) is 31.4 Å². The minimum absolute atomic E-state index is 0.0185. The van der Waals surface area contributed by atoms with Crippen molar-refractivity contribution in [3.05, 3.63) is 58.6 Å². The molecule has 0 aromatic heterocycles. The maximum absolute atomic E-state index is 13.5. The first-order valence-corrected chi connectivity index (χ1v) is 6.34. The van der Waals surface area contributed by atoms with E-state index in [0.717, 1.165) is 12.1 Å². The number of para-hydroxylation sites is 1. The average Bonchev–Trinajstić information content (AvgIpc) is 2.46. The molecule has 0 aliphatic heterocycles. The van der Waals surface area contributed by atoms with Gasteiger partial charge in [0.1, 0.15) is 11.6 Å². The SMILES string of the molecule is COc1ccc(F)cc1C(=O)COc1c(F)cccc1Cl. The lowest BCUT2D eigenvalue weighted by Crippen LogP contribution is -2.14. The monoisotopic (exact) mass is 312 g/mol. The molecule has 6 heteroatoms. The molecule has 0 fully saturated rings. The van der Waals surface area contributed by atoms with Crippen LogP contribution in [0.15, 0.2) is 36.4 Å². The molecule has 0 unspecified atom stereocenters. The smallest absolute Gasteiger partial charge is 0.204 e. The van der Waals surface area contributed by atoms with Crippen LogP contribution in [0.5, 0.6) is 11.5 Å². The Morgan fingerprint density at radius 1 is 1.24 bits per heavy atom. The number of ketones is 1. The van der Waals surface area contributed by atoms with Crippen LogP contribution in [0.1, 0.15) is 10.4 Å². The van der Waals surface area contributed by atoms with E-state index in [1.807, 2.05) is 0 Å². The molecular weight excluding hydrogens is 302 g/mol. The highest BCUT2D eigenvalue weighted by molar-refractivity contribution is 6.32. The Bertz CT molecular complexity index is 654. The Morgan fingerprint density at radius 3 is 2.67 bits per heavy atom. The van der Waals surface area contributed by atoms with Crippen molar-refractivity contribution in [2.24, 2.45) is 0 Å². The summed E-state index contributed by atoms with van der Waals surface area (Å²) in [6, 6.07) is 7.56. The maximum Gasteiger partial charge on any atom is 0.204 e. The third-order valence-corrected chi connectivity index (χ3v) is 3.03. The second-order valence-corrected chi connectivity index (χ2v) is 4.51. The van der Waals surface area contributed by atoms with Gasteiger partial charge in [-0.1, -0.05) is 17.7 Å². The van der Waals surface area contributed by atoms with Crippen LogP contribution >= 0.6 is 11.6 Å². The van der Waals surface area contributed by atoms with E-state index in [0.29, 0.717) is 0 Å². The van der Waals surface area contributed by atoms with E-state index in [1.54, 1.807) is 0 Å². The van der Waals surface area contributed by atoms with Crippen LogP contribution in [0.4, 0.5) is 8.78 Å². The van der Waals surface area contributed by atoms with Crippen molar-refractivity contribution in [1.29, 1.82) is 0 Å². The van der Waals surface area contributed by atoms with Gasteiger partial charge in [-0.25, -0.2) is 8.78 Å².